The van der Waals surface area contributed by atoms with E-state index in [-0.39, 0.29) is 18.5 Å². The van der Waals surface area contributed by atoms with Crippen LogP contribution in [0.4, 0.5) is 0 Å². The van der Waals surface area contributed by atoms with Crippen molar-refractivity contribution in [1.29, 1.82) is 0 Å². The summed E-state index contributed by atoms with van der Waals surface area (Å²) in [7, 11) is 0. The van der Waals surface area contributed by atoms with E-state index in [2.05, 4.69) is 13.2 Å². The largest absolute Gasteiger partial charge is 0.336 e. The molecule has 4 aliphatic carbocycles. The Morgan fingerprint density at radius 3 is 1.59 bits per heavy atom. The zero-order valence-electron chi connectivity index (χ0n) is 15.9. The Kier molecular flexibility index (Phi) is 4.60. The number of allylic oxidation sites excluding steroid dienone is 2. The Bertz CT molecular complexity index is 850. The van der Waals surface area contributed by atoms with Crippen LogP contribution in [-0.4, -0.2) is 13.7 Å². The quantitative estimate of drug-likeness (QED) is 0.690. The number of rotatable bonds is 7. The maximum absolute atomic E-state index is 12.8. The second kappa shape index (κ2) is 6.80. The molecule has 0 spiro atoms. The molecule has 146 valence electrons. The van der Waals surface area contributed by atoms with Crippen LogP contribution in [0.15, 0.2) is 39.7 Å². The summed E-state index contributed by atoms with van der Waals surface area (Å²) in [5.41, 5.74) is -1.34. The molecule has 0 atom stereocenters. The third kappa shape index (κ3) is 3.09. The lowest BCUT2D eigenvalue weighted by Gasteiger charge is -2.57. The highest BCUT2D eigenvalue weighted by atomic mass is 16.2. The van der Waals surface area contributed by atoms with Gasteiger partial charge in [-0.1, -0.05) is 12.2 Å². The maximum Gasteiger partial charge on any atom is 0.336 e. The SMILES string of the molecule is C=CCn1c(=O)n(CC=C)c(=O)n(CCC23CC4CC(CC(C4)C2)C3)c1=O. The predicted molar refractivity (Wildman–Crippen MR) is 105 cm³/mol. The number of aromatic nitrogens is 3. The fraction of sp³-hybridized carbons (Fsp3) is 0.667. The molecule has 0 unspecified atom stereocenters. The van der Waals surface area contributed by atoms with Crippen LogP contribution in [0.3, 0.4) is 0 Å². The summed E-state index contributed by atoms with van der Waals surface area (Å²) in [4.78, 5) is 38.1. The highest BCUT2D eigenvalue weighted by Gasteiger charge is 2.50. The van der Waals surface area contributed by atoms with Gasteiger partial charge >= 0.3 is 17.1 Å². The van der Waals surface area contributed by atoms with Gasteiger partial charge in [-0.25, -0.2) is 28.1 Å². The fourth-order valence-corrected chi connectivity index (χ4v) is 6.39. The first-order valence-corrected chi connectivity index (χ1v) is 10.1. The molecule has 4 aliphatic rings. The molecule has 4 bridgehead atoms. The van der Waals surface area contributed by atoms with Gasteiger partial charge in [0.25, 0.3) is 0 Å². The molecule has 6 nitrogen and oxygen atoms in total. The third-order valence-corrected chi connectivity index (χ3v) is 7.04. The molecule has 4 fully saturated rings. The summed E-state index contributed by atoms with van der Waals surface area (Å²) >= 11 is 0. The Balaban J connectivity index is 1.67. The second-order valence-electron chi connectivity index (χ2n) is 8.97. The molecule has 0 N–H and O–H groups in total. The van der Waals surface area contributed by atoms with E-state index in [1.807, 2.05) is 0 Å². The van der Waals surface area contributed by atoms with Crippen molar-refractivity contribution in [3.8, 4) is 0 Å². The van der Waals surface area contributed by atoms with Crippen molar-refractivity contribution in [1.82, 2.24) is 13.7 Å². The standard InChI is InChI=1S/C21H29N3O3/c1-3-6-22-18(25)23(7-4-2)20(27)24(19(22)26)8-5-21-12-15-9-16(13-21)11-17(10-15)14-21/h3-4,15-17H,1-2,5-14H2. The van der Waals surface area contributed by atoms with Crippen molar-refractivity contribution in [3.63, 3.8) is 0 Å². The van der Waals surface area contributed by atoms with Crippen molar-refractivity contribution in [3.05, 3.63) is 56.8 Å². The first-order valence-electron chi connectivity index (χ1n) is 10.1. The Morgan fingerprint density at radius 2 is 1.19 bits per heavy atom. The minimum Gasteiger partial charge on any atom is -0.247 e. The van der Waals surface area contributed by atoms with E-state index >= 15 is 0 Å². The summed E-state index contributed by atoms with van der Waals surface area (Å²) in [6.45, 7) is 7.84. The van der Waals surface area contributed by atoms with Gasteiger partial charge in [-0.15, -0.1) is 13.2 Å². The van der Waals surface area contributed by atoms with Crippen molar-refractivity contribution in [2.45, 2.75) is 64.6 Å². The molecule has 1 heterocycles. The minimum atomic E-state index is -0.587. The molecular formula is C21H29N3O3. The van der Waals surface area contributed by atoms with Crippen LogP contribution >= 0.6 is 0 Å². The van der Waals surface area contributed by atoms with E-state index in [4.69, 9.17) is 0 Å². The minimum absolute atomic E-state index is 0.104. The van der Waals surface area contributed by atoms with Crippen LogP contribution in [0.1, 0.15) is 44.9 Å². The second-order valence-corrected chi connectivity index (χ2v) is 8.97. The number of hydrogen-bond acceptors (Lipinski definition) is 3. The Labute approximate surface area is 158 Å². The van der Waals surface area contributed by atoms with Gasteiger partial charge < -0.3 is 0 Å². The van der Waals surface area contributed by atoms with Crippen molar-refractivity contribution in [2.24, 2.45) is 23.2 Å². The van der Waals surface area contributed by atoms with Crippen molar-refractivity contribution >= 4 is 0 Å². The summed E-state index contributed by atoms with van der Waals surface area (Å²) in [6, 6.07) is 0. The molecule has 27 heavy (non-hydrogen) atoms. The topological polar surface area (TPSA) is 66.0 Å². The zero-order valence-corrected chi connectivity index (χ0v) is 15.9. The van der Waals surface area contributed by atoms with Gasteiger partial charge in [0, 0.05) is 6.54 Å². The number of nitrogens with zero attached hydrogens (tertiary/aromatic N) is 3. The lowest BCUT2D eigenvalue weighted by atomic mass is 9.49. The molecule has 5 rings (SSSR count). The first kappa shape index (κ1) is 18.3. The van der Waals surface area contributed by atoms with E-state index < -0.39 is 17.1 Å². The van der Waals surface area contributed by atoms with E-state index in [1.54, 1.807) is 0 Å². The molecule has 0 radical (unpaired) electrons. The van der Waals surface area contributed by atoms with E-state index in [9.17, 15) is 14.4 Å². The molecule has 0 amide bonds. The summed E-state index contributed by atoms with van der Waals surface area (Å²) in [5, 5.41) is 0. The Hall–Kier alpha value is -2.11. The molecule has 0 aliphatic heterocycles. The summed E-state index contributed by atoms with van der Waals surface area (Å²) < 4.78 is 3.45. The van der Waals surface area contributed by atoms with Gasteiger partial charge in [-0.05, 0) is 68.1 Å². The molecule has 6 heteroatoms. The van der Waals surface area contributed by atoms with Crippen molar-refractivity contribution in [2.75, 3.05) is 0 Å². The molecule has 0 aromatic carbocycles. The van der Waals surface area contributed by atoms with E-state index in [0.717, 1.165) is 33.3 Å². The lowest BCUT2D eigenvalue weighted by molar-refractivity contribution is -0.0595. The van der Waals surface area contributed by atoms with Crippen LogP contribution < -0.4 is 17.1 Å². The van der Waals surface area contributed by atoms with E-state index in [1.165, 1.54) is 55.2 Å². The van der Waals surface area contributed by atoms with Gasteiger partial charge in [0.15, 0.2) is 0 Å². The zero-order chi connectivity index (χ0) is 19.2. The molecule has 1 aromatic heterocycles. The van der Waals surface area contributed by atoms with E-state index in [0.29, 0.717) is 6.54 Å². The monoisotopic (exact) mass is 371 g/mol. The van der Waals surface area contributed by atoms with Crippen molar-refractivity contribution < 1.29 is 0 Å². The Morgan fingerprint density at radius 1 is 0.778 bits per heavy atom. The average Bonchev–Trinajstić information content (AvgIpc) is 2.61. The smallest absolute Gasteiger partial charge is 0.247 e. The van der Waals surface area contributed by atoms with Gasteiger partial charge in [-0.2, -0.15) is 0 Å². The summed E-state index contributed by atoms with van der Waals surface area (Å²) in [5.74, 6) is 2.50. The molecule has 1 aromatic rings. The normalized spacial score (nSPS) is 31.2. The van der Waals surface area contributed by atoms with Gasteiger partial charge in [0.05, 0.1) is 13.1 Å². The highest BCUT2D eigenvalue weighted by molar-refractivity contribution is 5.01. The first-order chi connectivity index (χ1) is 13.0. The average molecular weight is 371 g/mol. The fourth-order valence-electron chi connectivity index (χ4n) is 6.39. The van der Waals surface area contributed by atoms with Crippen LogP contribution in [-0.2, 0) is 19.6 Å². The van der Waals surface area contributed by atoms with Crippen LogP contribution in [0.25, 0.3) is 0 Å². The van der Waals surface area contributed by atoms with Gasteiger partial charge in [0.2, 0.25) is 0 Å². The van der Waals surface area contributed by atoms with Crippen LogP contribution in [0.2, 0.25) is 0 Å². The molecule has 4 saturated carbocycles. The van der Waals surface area contributed by atoms with Gasteiger partial charge in [-0.3, -0.25) is 0 Å². The van der Waals surface area contributed by atoms with Crippen LogP contribution in [0, 0.1) is 23.2 Å². The highest BCUT2D eigenvalue weighted by Crippen LogP contribution is 2.61. The van der Waals surface area contributed by atoms with Crippen LogP contribution in [0.5, 0.6) is 0 Å². The van der Waals surface area contributed by atoms with Gasteiger partial charge in [0.1, 0.15) is 0 Å². The third-order valence-electron chi connectivity index (χ3n) is 7.04. The lowest BCUT2D eigenvalue weighted by Crippen LogP contribution is -2.55. The number of hydrogen-bond donors (Lipinski definition) is 0. The molecule has 0 saturated heterocycles. The molecular weight excluding hydrogens is 342 g/mol. The predicted octanol–water partition coefficient (Wildman–Crippen LogP) is 2.15. The maximum atomic E-state index is 12.8. The summed E-state index contributed by atoms with van der Waals surface area (Å²) in [6.07, 6.45) is 11.7.